The van der Waals surface area contributed by atoms with Gasteiger partial charge in [0.1, 0.15) is 5.82 Å². The average Bonchev–Trinajstić information content (AvgIpc) is 2.87. The van der Waals surface area contributed by atoms with Crippen LogP contribution in [0, 0.1) is 0 Å². The molecule has 1 aromatic heterocycles. The van der Waals surface area contributed by atoms with E-state index in [1.54, 1.807) is 0 Å². The van der Waals surface area contributed by atoms with Gasteiger partial charge in [-0.25, -0.2) is 9.97 Å². The van der Waals surface area contributed by atoms with E-state index in [-0.39, 0.29) is 0 Å². The van der Waals surface area contributed by atoms with Gasteiger partial charge in [-0.15, -0.1) is 0 Å². The van der Waals surface area contributed by atoms with Gasteiger partial charge in [0.15, 0.2) is 0 Å². The molecule has 2 aliphatic rings. The van der Waals surface area contributed by atoms with Gasteiger partial charge < -0.3 is 5.32 Å². The summed E-state index contributed by atoms with van der Waals surface area (Å²) in [4.78, 5) is 9.76. The number of hydrogen-bond donors (Lipinski definition) is 1. The van der Waals surface area contributed by atoms with Crippen molar-refractivity contribution in [3.05, 3.63) is 58.2 Å². The van der Waals surface area contributed by atoms with Crippen molar-refractivity contribution in [1.82, 2.24) is 15.3 Å². The second-order valence-corrected chi connectivity index (χ2v) is 6.11. The normalized spacial score (nSPS) is 19.6. The van der Waals surface area contributed by atoms with E-state index in [0.29, 0.717) is 11.8 Å². The summed E-state index contributed by atoms with van der Waals surface area (Å²) in [6.07, 6.45) is 1.08. The van der Waals surface area contributed by atoms with E-state index >= 15 is 0 Å². The summed E-state index contributed by atoms with van der Waals surface area (Å²) in [6, 6.07) is 8.66. The van der Waals surface area contributed by atoms with Gasteiger partial charge in [0.05, 0.1) is 11.4 Å². The summed E-state index contributed by atoms with van der Waals surface area (Å²) in [5.41, 5.74) is 6.64. The molecule has 0 amide bonds. The van der Waals surface area contributed by atoms with Crippen molar-refractivity contribution in [2.45, 2.75) is 45.2 Å². The molecule has 0 spiro atoms. The Balaban J connectivity index is 1.79. The maximum atomic E-state index is 4.91. The zero-order valence-electron chi connectivity index (χ0n) is 12.0. The molecule has 3 nitrogen and oxygen atoms in total. The second-order valence-electron chi connectivity index (χ2n) is 6.11. The Morgan fingerprint density at radius 2 is 2.00 bits per heavy atom. The molecule has 4 rings (SSSR count). The van der Waals surface area contributed by atoms with Crippen molar-refractivity contribution in [2.24, 2.45) is 0 Å². The van der Waals surface area contributed by atoms with Crippen LogP contribution in [-0.4, -0.2) is 9.97 Å². The standard InChI is InChI=1S/C17H19N3/c1-10(2)16-14-8-18-9-15(14)19-17(20-16)13-7-11-5-3-4-6-12(11)13/h3-6,10,13,18H,7-9H2,1-2H3. The van der Waals surface area contributed by atoms with Gasteiger partial charge in [0.2, 0.25) is 0 Å². The highest BCUT2D eigenvalue weighted by atomic mass is 15.0. The Kier molecular flexibility index (Phi) is 2.64. The number of rotatable bonds is 2. The number of nitrogens with one attached hydrogen (secondary N) is 1. The first kappa shape index (κ1) is 12.0. The first-order valence-corrected chi connectivity index (χ1v) is 7.42. The molecule has 0 saturated carbocycles. The maximum Gasteiger partial charge on any atom is 0.136 e. The van der Waals surface area contributed by atoms with Crippen LogP contribution in [0.4, 0.5) is 0 Å². The van der Waals surface area contributed by atoms with Crippen molar-refractivity contribution in [1.29, 1.82) is 0 Å². The van der Waals surface area contributed by atoms with Gasteiger partial charge in [-0.05, 0) is 23.5 Å². The van der Waals surface area contributed by atoms with E-state index in [1.165, 1.54) is 28.1 Å². The molecule has 20 heavy (non-hydrogen) atoms. The topological polar surface area (TPSA) is 37.8 Å². The molecule has 102 valence electrons. The molecule has 0 fully saturated rings. The van der Waals surface area contributed by atoms with E-state index < -0.39 is 0 Å². The molecular weight excluding hydrogens is 246 g/mol. The molecule has 1 atom stereocenters. The number of aromatic nitrogens is 2. The van der Waals surface area contributed by atoms with E-state index in [1.807, 2.05) is 0 Å². The van der Waals surface area contributed by atoms with Crippen molar-refractivity contribution in [3.8, 4) is 0 Å². The van der Waals surface area contributed by atoms with E-state index in [2.05, 4.69) is 43.4 Å². The smallest absolute Gasteiger partial charge is 0.136 e. The highest BCUT2D eigenvalue weighted by Crippen LogP contribution is 2.39. The van der Waals surface area contributed by atoms with Crippen molar-refractivity contribution in [2.75, 3.05) is 0 Å². The summed E-state index contributed by atoms with van der Waals surface area (Å²) in [5.74, 6) is 1.88. The minimum Gasteiger partial charge on any atom is -0.307 e. The fourth-order valence-electron chi connectivity index (χ4n) is 3.34. The lowest BCUT2D eigenvalue weighted by Gasteiger charge is -2.29. The first-order valence-electron chi connectivity index (χ1n) is 7.42. The van der Waals surface area contributed by atoms with Crippen LogP contribution in [0.5, 0.6) is 0 Å². The molecule has 3 heteroatoms. The molecule has 0 bridgehead atoms. The predicted octanol–water partition coefficient (Wildman–Crippen LogP) is 2.89. The molecule has 0 saturated heterocycles. The van der Waals surface area contributed by atoms with Gasteiger partial charge in [-0.2, -0.15) is 0 Å². The summed E-state index contributed by atoms with van der Waals surface area (Å²) in [6.45, 7) is 6.25. The van der Waals surface area contributed by atoms with Gasteiger partial charge in [0.25, 0.3) is 0 Å². The third-order valence-electron chi connectivity index (χ3n) is 4.45. The molecule has 1 N–H and O–H groups in total. The molecule has 2 heterocycles. The van der Waals surface area contributed by atoms with Crippen LogP contribution in [0.25, 0.3) is 0 Å². The van der Waals surface area contributed by atoms with Crippen LogP contribution in [0.2, 0.25) is 0 Å². The van der Waals surface area contributed by atoms with Gasteiger partial charge in [-0.3, -0.25) is 0 Å². The Hall–Kier alpha value is -1.74. The van der Waals surface area contributed by atoms with Crippen molar-refractivity contribution in [3.63, 3.8) is 0 Å². The number of hydrogen-bond acceptors (Lipinski definition) is 3. The lowest BCUT2D eigenvalue weighted by Crippen LogP contribution is -2.22. The zero-order valence-corrected chi connectivity index (χ0v) is 12.0. The molecule has 1 unspecified atom stereocenters. The Morgan fingerprint density at radius 3 is 2.80 bits per heavy atom. The summed E-state index contributed by atoms with van der Waals surface area (Å²) in [5, 5.41) is 3.40. The molecular formula is C17H19N3. The van der Waals surface area contributed by atoms with Crippen LogP contribution in [0.3, 0.4) is 0 Å². The minimum atomic E-state index is 0.398. The third-order valence-corrected chi connectivity index (χ3v) is 4.45. The Labute approximate surface area is 119 Å². The molecule has 2 aromatic rings. The lowest BCUT2D eigenvalue weighted by atomic mass is 9.77. The van der Waals surface area contributed by atoms with Gasteiger partial charge in [-0.1, -0.05) is 38.1 Å². The van der Waals surface area contributed by atoms with Crippen LogP contribution < -0.4 is 5.32 Å². The lowest BCUT2D eigenvalue weighted by molar-refractivity contribution is 0.639. The van der Waals surface area contributed by atoms with Crippen LogP contribution >= 0.6 is 0 Å². The van der Waals surface area contributed by atoms with Crippen LogP contribution in [0.1, 0.15) is 59.6 Å². The highest BCUT2D eigenvalue weighted by molar-refractivity contribution is 5.45. The van der Waals surface area contributed by atoms with Crippen molar-refractivity contribution < 1.29 is 0 Å². The minimum absolute atomic E-state index is 0.398. The predicted molar refractivity (Wildman–Crippen MR) is 78.7 cm³/mol. The monoisotopic (exact) mass is 265 g/mol. The molecule has 1 aliphatic carbocycles. The summed E-state index contributed by atoms with van der Waals surface area (Å²) < 4.78 is 0. The first-order chi connectivity index (χ1) is 9.74. The fourth-order valence-corrected chi connectivity index (χ4v) is 3.34. The second kappa shape index (κ2) is 4.38. The quantitative estimate of drug-likeness (QED) is 0.907. The zero-order chi connectivity index (χ0) is 13.7. The fraction of sp³-hybridized carbons (Fsp3) is 0.412. The van der Waals surface area contributed by atoms with Crippen LogP contribution in [0.15, 0.2) is 24.3 Å². The van der Waals surface area contributed by atoms with Crippen molar-refractivity contribution >= 4 is 0 Å². The number of nitrogens with zero attached hydrogens (tertiary/aromatic N) is 2. The van der Waals surface area contributed by atoms with Gasteiger partial charge in [0, 0.05) is 24.6 Å². The average molecular weight is 265 g/mol. The number of benzene rings is 1. The summed E-state index contributed by atoms with van der Waals surface area (Å²) >= 11 is 0. The SMILES string of the molecule is CC(C)c1nc(C2Cc3ccccc32)nc2c1CNC2. The molecule has 1 aromatic carbocycles. The molecule has 1 aliphatic heterocycles. The highest BCUT2D eigenvalue weighted by Gasteiger charge is 2.31. The van der Waals surface area contributed by atoms with E-state index in [0.717, 1.165) is 25.3 Å². The Bertz CT molecular complexity index is 676. The van der Waals surface area contributed by atoms with E-state index in [4.69, 9.17) is 9.97 Å². The third kappa shape index (κ3) is 1.70. The number of fused-ring (bicyclic) bond motifs is 2. The molecule has 0 radical (unpaired) electrons. The van der Waals surface area contributed by atoms with E-state index in [9.17, 15) is 0 Å². The Morgan fingerprint density at radius 1 is 1.15 bits per heavy atom. The van der Waals surface area contributed by atoms with Gasteiger partial charge >= 0.3 is 0 Å². The largest absolute Gasteiger partial charge is 0.307 e. The summed E-state index contributed by atoms with van der Waals surface area (Å²) in [7, 11) is 0. The maximum absolute atomic E-state index is 4.91. The van der Waals surface area contributed by atoms with Crippen LogP contribution in [-0.2, 0) is 19.5 Å².